The van der Waals surface area contributed by atoms with Crippen LogP contribution in [0.15, 0.2) is 48.5 Å². The SMILES string of the molecule is COc1ccccc1-c1c(C)nn2c(Nc3ccc(Cl)c(Cl)c3)cc(C)nc12. The number of hydrogen-bond acceptors (Lipinski definition) is 4. The fourth-order valence-electron chi connectivity index (χ4n) is 3.22. The van der Waals surface area contributed by atoms with Gasteiger partial charge in [-0.25, -0.2) is 4.98 Å². The Morgan fingerprint density at radius 2 is 1.79 bits per heavy atom. The maximum atomic E-state index is 6.15. The van der Waals surface area contributed by atoms with Crippen LogP contribution in [-0.4, -0.2) is 21.7 Å². The fraction of sp³-hybridized carbons (Fsp3) is 0.143. The Labute approximate surface area is 172 Å². The molecule has 0 saturated heterocycles. The topological polar surface area (TPSA) is 51.5 Å². The molecule has 0 atom stereocenters. The molecule has 4 rings (SSSR count). The van der Waals surface area contributed by atoms with Crippen LogP contribution in [0.25, 0.3) is 16.8 Å². The second-order valence-electron chi connectivity index (χ2n) is 6.43. The minimum Gasteiger partial charge on any atom is -0.496 e. The van der Waals surface area contributed by atoms with Gasteiger partial charge in [-0.15, -0.1) is 0 Å². The zero-order valence-corrected chi connectivity index (χ0v) is 17.1. The highest BCUT2D eigenvalue weighted by atomic mass is 35.5. The number of methoxy groups -OCH3 is 1. The van der Waals surface area contributed by atoms with Gasteiger partial charge in [0.2, 0.25) is 0 Å². The second kappa shape index (κ2) is 7.34. The van der Waals surface area contributed by atoms with E-state index in [1.807, 2.05) is 50.2 Å². The van der Waals surface area contributed by atoms with Crippen LogP contribution in [0.3, 0.4) is 0 Å². The van der Waals surface area contributed by atoms with E-state index in [1.54, 1.807) is 23.8 Å². The summed E-state index contributed by atoms with van der Waals surface area (Å²) >= 11 is 12.2. The summed E-state index contributed by atoms with van der Waals surface area (Å²) < 4.78 is 7.34. The Morgan fingerprint density at radius 1 is 1.00 bits per heavy atom. The number of nitrogens with one attached hydrogen (secondary N) is 1. The van der Waals surface area contributed by atoms with Crippen LogP contribution in [0.2, 0.25) is 10.0 Å². The first kappa shape index (κ1) is 18.6. The van der Waals surface area contributed by atoms with E-state index in [2.05, 4.69) is 5.32 Å². The van der Waals surface area contributed by atoms with Crippen molar-refractivity contribution in [3.63, 3.8) is 0 Å². The molecule has 0 aliphatic carbocycles. The van der Waals surface area contributed by atoms with E-state index in [-0.39, 0.29) is 0 Å². The van der Waals surface area contributed by atoms with Crippen LogP contribution in [0, 0.1) is 13.8 Å². The van der Waals surface area contributed by atoms with Gasteiger partial charge in [0.1, 0.15) is 11.6 Å². The number of aromatic nitrogens is 3. The molecule has 142 valence electrons. The van der Waals surface area contributed by atoms with E-state index < -0.39 is 0 Å². The van der Waals surface area contributed by atoms with Crippen LogP contribution in [0.4, 0.5) is 11.5 Å². The van der Waals surface area contributed by atoms with E-state index in [9.17, 15) is 0 Å². The van der Waals surface area contributed by atoms with Gasteiger partial charge < -0.3 is 10.1 Å². The van der Waals surface area contributed by atoms with Gasteiger partial charge in [0.25, 0.3) is 0 Å². The normalized spacial score (nSPS) is 11.0. The summed E-state index contributed by atoms with van der Waals surface area (Å²) in [6.45, 7) is 3.92. The maximum absolute atomic E-state index is 6.15. The maximum Gasteiger partial charge on any atom is 0.165 e. The lowest BCUT2D eigenvalue weighted by atomic mass is 10.1. The number of aryl methyl sites for hydroxylation is 2. The van der Waals surface area contributed by atoms with Crippen LogP contribution >= 0.6 is 23.2 Å². The van der Waals surface area contributed by atoms with Crippen LogP contribution < -0.4 is 10.1 Å². The largest absolute Gasteiger partial charge is 0.496 e. The van der Waals surface area contributed by atoms with Gasteiger partial charge in [-0.1, -0.05) is 41.4 Å². The molecule has 0 bridgehead atoms. The number of halogens is 2. The average molecular weight is 413 g/mol. The smallest absolute Gasteiger partial charge is 0.165 e. The molecule has 0 saturated carbocycles. The number of anilines is 2. The highest BCUT2D eigenvalue weighted by Crippen LogP contribution is 2.36. The monoisotopic (exact) mass is 412 g/mol. The lowest BCUT2D eigenvalue weighted by molar-refractivity contribution is 0.416. The number of benzene rings is 2. The summed E-state index contributed by atoms with van der Waals surface area (Å²) in [5.74, 6) is 1.56. The summed E-state index contributed by atoms with van der Waals surface area (Å²) in [5.41, 5.74) is 5.19. The summed E-state index contributed by atoms with van der Waals surface area (Å²) in [6.07, 6.45) is 0. The van der Waals surface area contributed by atoms with Crippen molar-refractivity contribution in [2.24, 2.45) is 0 Å². The van der Waals surface area contributed by atoms with E-state index in [0.29, 0.717) is 10.0 Å². The predicted molar refractivity (Wildman–Crippen MR) is 114 cm³/mol. The van der Waals surface area contributed by atoms with Crippen LogP contribution in [0.1, 0.15) is 11.4 Å². The lowest BCUT2D eigenvalue weighted by Crippen LogP contribution is -2.02. The molecule has 2 aromatic carbocycles. The van der Waals surface area contributed by atoms with Gasteiger partial charge in [-0.3, -0.25) is 0 Å². The van der Waals surface area contributed by atoms with Crippen molar-refractivity contribution >= 4 is 40.4 Å². The molecule has 0 spiro atoms. The molecular weight excluding hydrogens is 395 g/mol. The first-order chi connectivity index (χ1) is 13.5. The Hall–Kier alpha value is -2.76. The molecule has 5 nitrogen and oxygen atoms in total. The second-order valence-corrected chi connectivity index (χ2v) is 7.25. The van der Waals surface area contributed by atoms with Crippen molar-refractivity contribution in [1.82, 2.24) is 14.6 Å². The van der Waals surface area contributed by atoms with E-state index in [4.69, 9.17) is 38.0 Å². The summed E-state index contributed by atoms with van der Waals surface area (Å²) in [4.78, 5) is 4.74. The van der Waals surface area contributed by atoms with Crippen molar-refractivity contribution in [2.45, 2.75) is 13.8 Å². The van der Waals surface area contributed by atoms with Crippen molar-refractivity contribution in [3.05, 3.63) is 70.0 Å². The van der Waals surface area contributed by atoms with Gasteiger partial charge in [0.15, 0.2) is 5.65 Å². The third-order valence-corrected chi connectivity index (χ3v) is 5.20. The Morgan fingerprint density at radius 3 is 2.54 bits per heavy atom. The molecule has 1 N–H and O–H groups in total. The Balaban J connectivity index is 1.89. The standard InChI is InChI=1S/C21H18Cl2N4O/c1-12-10-19(25-14-8-9-16(22)17(23)11-14)27-21(24-12)20(13(2)26-27)15-6-4-5-7-18(15)28-3/h4-11,25H,1-3H3. The van der Waals surface area contributed by atoms with Crippen molar-refractivity contribution < 1.29 is 4.74 Å². The third-order valence-electron chi connectivity index (χ3n) is 4.46. The highest BCUT2D eigenvalue weighted by Gasteiger charge is 2.19. The van der Waals surface area contributed by atoms with E-state index >= 15 is 0 Å². The summed E-state index contributed by atoms with van der Waals surface area (Å²) in [7, 11) is 1.66. The molecule has 4 aromatic rings. The highest BCUT2D eigenvalue weighted by molar-refractivity contribution is 6.42. The van der Waals surface area contributed by atoms with Crippen molar-refractivity contribution in [1.29, 1.82) is 0 Å². The summed E-state index contributed by atoms with van der Waals surface area (Å²) in [6, 6.07) is 15.2. The van der Waals surface area contributed by atoms with Gasteiger partial charge in [-0.05, 0) is 38.1 Å². The molecule has 2 heterocycles. The Bertz CT molecular complexity index is 1190. The lowest BCUT2D eigenvalue weighted by Gasteiger charge is -2.11. The fourth-order valence-corrected chi connectivity index (χ4v) is 3.52. The number of fused-ring (bicyclic) bond motifs is 1. The minimum absolute atomic E-state index is 0.486. The molecule has 0 radical (unpaired) electrons. The molecule has 0 amide bonds. The third kappa shape index (κ3) is 3.28. The summed E-state index contributed by atoms with van der Waals surface area (Å²) in [5, 5.41) is 9.08. The molecule has 0 unspecified atom stereocenters. The first-order valence-electron chi connectivity index (χ1n) is 8.70. The number of hydrogen-bond donors (Lipinski definition) is 1. The van der Waals surface area contributed by atoms with Crippen LogP contribution in [0.5, 0.6) is 5.75 Å². The van der Waals surface area contributed by atoms with E-state index in [0.717, 1.165) is 45.4 Å². The Kier molecular flexibility index (Phi) is 4.87. The zero-order valence-electron chi connectivity index (χ0n) is 15.6. The number of rotatable bonds is 4. The predicted octanol–water partition coefficient (Wildman–Crippen LogP) is 6.07. The number of para-hydroxylation sites is 1. The molecule has 7 heteroatoms. The molecule has 28 heavy (non-hydrogen) atoms. The van der Waals surface area contributed by atoms with E-state index in [1.165, 1.54) is 0 Å². The zero-order chi connectivity index (χ0) is 19.8. The first-order valence-corrected chi connectivity index (χ1v) is 9.46. The number of ether oxygens (including phenoxy) is 1. The van der Waals surface area contributed by atoms with Gasteiger partial charge >= 0.3 is 0 Å². The van der Waals surface area contributed by atoms with Gasteiger partial charge in [0, 0.05) is 23.0 Å². The molecule has 2 aromatic heterocycles. The van der Waals surface area contributed by atoms with Gasteiger partial charge in [-0.2, -0.15) is 9.61 Å². The van der Waals surface area contributed by atoms with Crippen molar-refractivity contribution in [3.8, 4) is 16.9 Å². The molecule has 0 fully saturated rings. The quantitative estimate of drug-likeness (QED) is 0.441. The number of nitrogens with zero attached hydrogens (tertiary/aromatic N) is 3. The molecule has 0 aliphatic rings. The molecule has 0 aliphatic heterocycles. The minimum atomic E-state index is 0.486. The van der Waals surface area contributed by atoms with Crippen LogP contribution in [-0.2, 0) is 0 Å². The van der Waals surface area contributed by atoms with Gasteiger partial charge in [0.05, 0.1) is 28.4 Å². The average Bonchev–Trinajstić information content (AvgIpc) is 3.00. The molecular formula is C21H18Cl2N4O. The van der Waals surface area contributed by atoms with Crippen molar-refractivity contribution in [2.75, 3.05) is 12.4 Å².